The fraction of sp³-hybridized carbons (Fsp3) is 0.360. The first-order valence-electron chi connectivity index (χ1n) is 10.3. The average molecular weight is 399 g/mol. The van der Waals surface area contributed by atoms with Crippen LogP contribution in [0.15, 0.2) is 60.7 Å². The van der Waals surface area contributed by atoms with Crippen molar-refractivity contribution in [2.75, 3.05) is 18.5 Å². The molecule has 0 spiro atoms. The van der Waals surface area contributed by atoms with Crippen molar-refractivity contribution in [1.29, 1.82) is 0 Å². The molecule has 0 aliphatic rings. The topological polar surface area (TPSA) is 3.24 Å². The van der Waals surface area contributed by atoms with Crippen molar-refractivity contribution in [3.05, 3.63) is 77.4 Å². The van der Waals surface area contributed by atoms with Gasteiger partial charge in [-0.3, -0.25) is 0 Å². The molecule has 0 aliphatic carbocycles. The molecule has 0 aromatic heterocycles. The summed E-state index contributed by atoms with van der Waals surface area (Å²) in [4.78, 5) is 2.28. The van der Waals surface area contributed by atoms with Crippen LogP contribution < -0.4 is 4.90 Å². The van der Waals surface area contributed by atoms with Gasteiger partial charge in [-0.25, -0.2) is 0 Å². The minimum Gasteiger partial charge on any atom is -0.374 e. The summed E-state index contributed by atoms with van der Waals surface area (Å²) in [5, 5.41) is 1.59. The summed E-state index contributed by atoms with van der Waals surface area (Å²) in [6.45, 7) is 3.10. The van der Waals surface area contributed by atoms with Gasteiger partial charge in [-0.2, -0.15) is 13.2 Å². The molecule has 1 nitrogen and oxygen atoms in total. The van der Waals surface area contributed by atoms with Crippen molar-refractivity contribution in [2.24, 2.45) is 0 Å². The number of para-hydroxylation sites is 1. The van der Waals surface area contributed by atoms with Crippen LogP contribution in [-0.2, 0) is 19.0 Å². The van der Waals surface area contributed by atoms with Crippen LogP contribution in [-0.4, -0.2) is 13.6 Å². The van der Waals surface area contributed by atoms with Gasteiger partial charge in [-0.1, -0.05) is 55.8 Å². The van der Waals surface area contributed by atoms with Crippen LogP contribution in [0.1, 0.15) is 42.9 Å². The molecule has 3 aromatic rings. The van der Waals surface area contributed by atoms with Crippen molar-refractivity contribution in [2.45, 2.75) is 45.2 Å². The Balaban J connectivity index is 1.60. The fourth-order valence-electron chi connectivity index (χ4n) is 3.90. The first kappa shape index (κ1) is 21.2. The Morgan fingerprint density at radius 1 is 0.828 bits per heavy atom. The van der Waals surface area contributed by atoms with Gasteiger partial charge in [0.05, 0.1) is 5.56 Å². The van der Waals surface area contributed by atoms with Crippen LogP contribution in [0.2, 0.25) is 0 Å². The van der Waals surface area contributed by atoms with Gasteiger partial charge in [0.25, 0.3) is 0 Å². The molecule has 4 heteroatoms. The lowest BCUT2D eigenvalue weighted by Crippen LogP contribution is -2.19. The molecule has 0 amide bonds. The zero-order valence-electron chi connectivity index (χ0n) is 17.1. The van der Waals surface area contributed by atoms with E-state index in [1.807, 2.05) is 12.1 Å². The van der Waals surface area contributed by atoms with Crippen LogP contribution in [0.25, 0.3) is 10.8 Å². The average Bonchev–Trinajstić information content (AvgIpc) is 2.72. The molecule has 0 saturated heterocycles. The highest BCUT2D eigenvalue weighted by Crippen LogP contribution is 2.34. The maximum absolute atomic E-state index is 13.2. The number of fused-ring (bicyclic) bond motifs is 1. The van der Waals surface area contributed by atoms with Crippen LogP contribution in [0.5, 0.6) is 0 Å². The summed E-state index contributed by atoms with van der Waals surface area (Å²) in [5.41, 5.74) is 2.84. The lowest BCUT2D eigenvalue weighted by atomic mass is 9.96. The standard InChI is InChI=1S/C25H28F3N/c1-3-19-11-7-9-15-24(19)29(2)16-10-4-5-12-20-17-22(25(26,27)28)18-21-13-6-8-14-23(20)21/h6-9,11,13-15,17-18H,3-5,10,12,16H2,1-2H3. The van der Waals surface area contributed by atoms with Gasteiger partial charge >= 0.3 is 6.18 Å². The second kappa shape index (κ2) is 9.34. The maximum atomic E-state index is 13.2. The SMILES string of the molecule is CCc1ccccc1N(C)CCCCCc1cc(C(F)(F)F)cc2ccccc12. The van der Waals surface area contributed by atoms with E-state index >= 15 is 0 Å². The first-order chi connectivity index (χ1) is 13.9. The maximum Gasteiger partial charge on any atom is 0.416 e. The second-order valence-electron chi connectivity index (χ2n) is 7.57. The van der Waals surface area contributed by atoms with Gasteiger partial charge < -0.3 is 4.90 Å². The molecule has 0 fully saturated rings. The number of hydrogen-bond donors (Lipinski definition) is 0. The van der Waals surface area contributed by atoms with E-state index in [9.17, 15) is 13.2 Å². The third-order valence-corrected chi connectivity index (χ3v) is 5.50. The number of aryl methyl sites for hydroxylation is 2. The smallest absolute Gasteiger partial charge is 0.374 e. The Morgan fingerprint density at radius 3 is 2.31 bits per heavy atom. The van der Waals surface area contributed by atoms with Crippen LogP contribution in [0.3, 0.4) is 0 Å². The Hall–Kier alpha value is -2.49. The van der Waals surface area contributed by atoms with Crippen molar-refractivity contribution in [3.8, 4) is 0 Å². The van der Waals surface area contributed by atoms with Gasteiger partial charge in [0, 0.05) is 19.3 Å². The number of anilines is 1. The molecule has 0 aliphatic heterocycles. The van der Waals surface area contributed by atoms with Gasteiger partial charge in [-0.15, -0.1) is 0 Å². The Bertz CT molecular complexity index is 946. The molecular formula is C25H28F3N. The van der Waals surface area contributed by atoms with E-state index in [2.05, 4.69) is 43.1 Å². The van der Waals surface area contributed by atoms with Crippen molar-refractivity contribution >= 4 is 16.5 Å². The Labute approximate surface area is 171 Å². The molecule has 154 valence electrons. The van der Waals surface area contributed by atoms with Crippen LogP contribution in [0, 0.1) is 0 Å². The molecule has 0 saturated carbocycles. The molecule has 0 bridgehead atoms. The van der Waals surface area contributed by atoms with Crippen molar-refractivity contribution in [1.82, 2.24) is 0 Å². The molecule has 0 N–H and O–H groups in total. The zero-order valence-corrected chi connectivity index (χ0v) is 17.1. The number of rotatable bonds is 8. The molecule has 29 heavy (non-hydrogen) atoms. The lowest BCUT2D eigenvalue weighted by molar-refractivity contribution is -0.137. The zero-order chi connectivity index (χ0) is 20.9. The summed E-state index contributed by atoms with van der Waals surface area (Å²) >= 11 is 0. The fourth-order valence-corrected chi connectivity index (χ4v) is 3.90. The van der Waals surface area contributed by atoms with E-state index < -0.39 is 11.7 Å². The number of halogens is 3. The highest BCUT2D eigenvalue weighted by atomic mass is 19.4. The molecule has 3 rings (SSSR count). The highest BCUT2D eigenvalue weighted by molar-refractivity contribution is 5.86. The molecule has 0 heterocycles. The largest absolute Gasteiger partial charge is 0.416 e. The van der Waals surface area contributed by atoms with Gasteiger partial charge in [0.2, 0.25) is 0 Å². The summed E-state index contributed by atoms with van der Waals surface area (Å²) in [6.07, 6.45) is 0.250. The summed E-state index contributed by atoms with van der Waals surface area (Å²) < 4.78 is 39.7. The molecule has 0 radical (unpaired) electrons. The molecule has 0 unspecified atom stereocenters. The predicted octanol–water partition coefficient (Wildman–Crippen LogP) is 7.27. The minimum absolute atomic E-state index is 0.554. The van der Waals surface area contributed by atoms with E-state index in [4.69, 9.17) is 0 Å². The van der Waals surface area contributed by atoms with Crippen LogP contribution in [0.4, 0.5) is 18.9 Å². The Morgan fingerprint density at radius 2 is 1.55 bits per heavy atom. The molecular weight excluding hydrogens is 371 g/mol. The normalized spacial score (nSPS) is 11.8. The minimum atomic E-state index is -4.31. The second-order valence-corrected chi connectivity index (χ2v) is 7.57. The van der Waals surface area contributed by atoms with E-state index in [0.717, 1.165) is 43.2 Å². The van der Waals surface area contributed by atoms with Gasteiger partial charge in [0.15, 0.2) is 0 Å². The number of benzene rings is 3. The number of unbranched alkanes of at least 4 members (excludes halogenated alkanes) is 2. The van der Waals surface area contributed by atoms with E-state index in [1.165, 1.54) is 23.4 Å². The third kappa shape index (κ3) is 5.31. The molecule has 0 atom stereocenters. The van der Waals surface area contributed by atoms with E-state index in [1.54, 1.807) is 12.1 Å². The van der Waals surface area contributed by atoms with Crippen LogP contribution >= 0.6 is 0 Å². The first-order valence-corrected chi connectivity index (χ1v) is 10.3. The summed E-state index contributed by atoms with van der Waals surface area (Å²) in [6, 6.07) is 18.4. The third-order valence-electron chi connectivity index (χ3n) is 5.50. The van der Waals surface area contributed by atoms with Crippen molar-refractivity contribution in [3.63, 3.8) is 0 Å². The van der Waals surface area contributed by atoms with Gasteiger partial charge in [-0.05, 0) is 65.8 Å². The quantitative estimate of drug-likeness (QED) is 0.360. The number of hydrogen-bond acceptors (Lipinski definition) is 1. The van der Waals surface area contributed by atoms with Crippen molar-refractivity contribution < 1.29 is 13.2 Å². The number of nitrogens with zero attached hydrogens (tertiary/aromatic N) is 1. The summed E-state index contributed by atoms with van der Waals surface area (Å²) in [5.74, 6) is 0. The van der Waals surface area contributed by atoms with E-state index in [0.29, 0.717) is 11.8 Å². The van der Waals surface area contributed by atoms with E-state index in [-0.39, 0.29) is 0 Å². The number of alkyl halides is 3. The highest BCUT2D eigenvalue weighted by Gasteiger charge is 2.31. The Kier molecular flexibility index (Phi) is 6.83. The van der Waals surface area contributed by atoms with Gasteiger partial charge in [0.1, 0.15) is 0 Å². The summed E-state index contributed by atoms with van der Waals surface area (Å²) in [7, 11) is 2.11. The predicted molar refractivity (Wildman–Crippen MR) is 116 cm³/mol. The lowest BCUT2D eigenvalue weighted by Gasteiger charge is -2.22. The monoisotopic (exact) mass is 399 g/mol. The molecule has 3 aromatic carbocycles.